The summed E-state index contributed by atoms with van der Waals surface area (Å²) in [5.74, 6) is 0. The second-order valence-corrected chi connectivity index (χ2v) is 2.59. The number of aryl methyl sites for hydroxylation is 1. The zero-order valence-corrected chi connectivity index (χ0v) is 11.6. The molecule has 0 fully saturated rings. The zero-order valence-electron chi connectivity index (χ0n) is 8.22. The van der Waals surface area contributed by atoms with Crippen LogP contribution in [0.3, 0.4) is 0 Å². The zero-order chi connectivity index (χ0) is 7.23. The molecule has 0 unspecified atom stereocenters. The summed E-state index contributed by atoms with van der Waals surface area (Å²) in [6.45, 7) is 2.23. The number of rotatable bonds is 3. The Balaban J connectivity index is -0.000000125. The van der Waals surface area contributed by atoms with Gasteiger partial charge in [0.15, 0.2) is 0 Å². The van der Waals surface area contributed by atoms with Gasteiger partial charge in [0.25, 0.3) is 0 Å². The summed E-state index contributed by atoms with van der Waals surface area (Å²) in [6.07, 6.45) is 3.83. The minimum absolute atomic E-state index is 0. The van der Waals surface area contributed by atoms with Gasteiger partial charge < -0.3 is 37.2 Å². The molecule has 0 nitrogen and oxygen atoms in total. The molecule has 1 aromatic carbocycles. The van der Waals surface area contributed by atoms with E-state index in [9.17, 15) is 0 Å². The van der Waals surface area contributed by atoms with Crippen LogP contribution in [0.2, 0.25) is 0 Å². The fourth-order valence-corrected chi connectivity index (χ4v) is 1.03. The Morgan fingerprint density at radius 1 is 0.929 bits per heavy atom. The van der Waals surface area contributed by atoms with Gasteiger partial charge in [-0.25, -0.2) is 0 Å². The van der Waals surface area contributed by atoms with Crippen molar-refractivity contribution in [2.24, 2.45) is 0 Å². The molecule has 0 spiro atoms. The van der Waals surface area contributed by atoms with Crippen LogP contribution in [-0.2, 0) is 6.42 Å². The number of unbranched alkanes of at least 4 members (excludes halogenated alkanes) is 1. The average Bonchev–Trinajstić information content (AvgIpc) is 2.03. The van der Waals surface area contributed by atoms with E-state index in [2.05, 4.69) is 37.3 Å². The van der Waals surface area contributed by atoms with Crippen molar-refractivity contribution in [2.75, 3.05) is 0 Å². The second-order valence-electron chi connectivity index (χ2n) is 2.59. The largest absolute Gasteiger partial charge is 3.00 e. The molecule has 1 rings (SSSR count). The van der Waals surface area contributed by atoms with Crippen molar-refractivity contribution < 1.29 is 37.2 Å². The molecule has 0 radical (unpaired) electrons. The van der Waals surface area contributed by atoms with Gasteiger partial charge in [-0.05, 0) is 18.4 Å². The van der Waals surface area contributed by atoms with Gasteiger partial charge in [-0.15, -0.1) is 0 Å². The Morgan fingerprint density at radius 2 is 1.43 bits per heavy atom. The van der Waals surface area contributed by atoms with Crippen molar-refractivity contribution in [1.29, 1.82) is 0 Å². The van der Waals surface area contributed by atoms with E-state index in [0.29, 0.717) is 0 Å². The maximum atomic E-state index is 2.23. The van der Waals surface area contributed by atoms with Crippen LogP contribution < -0.4 is 37.2 Å². The van der Waals surface area contributed by atoms with Gasteiger partial charge in [0, 0.05) is 0 Å². The summed E-state index contributed by atoms with van der Waals surface area (Å²) in [6, 6.07) is 10.6. The van der Waals surface area contributed by atoms with E-state index in [1.54, 1.807) is 0 Å². The van der Waals surface area contributed by atoms with Gasteiger partial charge in [-0.1, -0.05) is 43.7 Å². The first-order valence-corrected chi connectivity index (χ1v) is 3.97. The maximum absolute atomic E-state index is 2.23. The molecule has 78 valence electrons. The molecular formula is C10H14AlCl3. The van der Waals surface area contributed by atoms with E-state index in [-0.39, 0.29) is 54.6 Å². The standard InChI is InChI=1S/C10H14.Al.3ClH/c1-2-3-7-10-8-5-4-6-9-10;;;;/h4-6,8-9H,2-3,7H2,1H3;;3*1H/q;+3;;;/p-3. The predicted octanol–water partition coefficient (Wildman–Crippen LogP) is -6.34. The molecule has 14 heavy (non-hydrogen) atoms. The smallest absolute Gasteiger partial charge is 1.00 e. The first-order chi connectivity index (χ1) is 4.93. The van der Waals surface area contributed by atoms with Crippen LogP contribution in [0.4, 0.5) is 0 Å². The third-order valence-corrected chi connectivity index (χ3v) is 1.66. The number of hydrogen-bond donors (Lipinski definition) is 0. The van der Waals surface area contributed by atoms with Crippen molar-refractivity contribution in [3.63, 3.8) is 0 Å². The minimum atomic E-state index is 0. The molecule has 0 aliphatic rings. The third kappa shape index (κ3) is 10.7. The molecule has 0 saturated heterocycles. The fraction of sp³-hybridized carbons (Fsp3) is 0.400. The topological polar surface area (TPSA) is 0 Å². The molecule has 0 atom stereocenters. The number of hydrogen-bond acceptors (Lipinski definition) is 0. The third-order valence-electron chi connectivity index (χ3n) is 1.66. The van der Waals surface area contributed by atoms with Gasteiger partial charge in [-0.3, -0.25) is 0 Å². The summed E-state index contributed by atoms with van der Waals surface area (Å²) in [4.78, 5) is 0. The van der Waals surface area contributed by atoms with Crippen molar-refractivity contribution in [3.8, 4) is 0 Å². The van der Waals surface area contributed by atoms with Crippen LogP contribution in [-0.4, -0.2) is 17.4 Å². The SMILES string of the molecule is CCCCc1ccccc1.[Al+3].[Cl-].[Cl-].[Cl-]. The molecule has 0 aliphatic carbocycles. The van der Waals surface area contributed by atoms with Crippen molar-refractivity contribution in [3.05, 3.63) is 35.9 Å². The summed E-state index contributed by atoms with van der Waals surface area (Å²) in [5, 5.41) is 0. The van der Waals surface area contributed by atoms with E-state index in [4.69, 9.17) is 0 Å². The fourth-order valence-electron chi connectivity index (χ4n) is 1.03. The van der Waals surface area contributed by atoms with Gasteiger partial charge in [-0.2, -0.15) is 0 Å². The monoisotopic (exact) mass is 266 g/mol. The Labute approximate surface area is 116 Å². The van der Waals surface area contributed by atoms with Crippen LogP contribution in [0.5, 0.6) is 0 Å². The molecule has 0 bridgehead atoms. The average molecular weight is 268 g/mol. The van der Waals surface area contributed by atoms with Crippen molar-refractivity contribution in [2.45, 2.75) is 26.2 Å². The van der Waals surface area contributed by atoms with Gasteiger partial charge in [0.05, 0.1) is 0 Å². The molecule has 0 heterocycles. The van der Waals surface area contributed by atoms with Crippen LogP contribution in [0.15, 0.2) is 30.3 Å². The summed E-state index contributed by atoms with van der Waals surface area (Å²) in [7, 11) is 0. The Morgan fingerprint density at radius 3 is 1.86 bits per heavy atom. The van der Waals surface area contributed by atoms with Crippen LogP contribution in [0.25, 0.3) is 0 Å². The first kappa shape index (κ1) is 24.0. The van der Waals surface area contributed by atoms with E-state index in [1.165, 1.54) is 24.8 Å². The number of benzene rings is 1. The Hall–Kier alpha value is 0.622. The Bertz CT molecular complexity index is 180. The van der Waals surface area contributed by atoms with Crippen LogP contribution in [0.1, 0.15) is 25.3 Å². The molecule has 0 aliphatic heterocycles. The molecule has 4 heteroatoms. The van der Waals surface area contributed by atoms with Crippen molar-refractivity contribution in [1.82, 2.24) is 0 Å². The van der Waals surface area contributed by atoms with Crippen LogP contribution >= 0.6 is 0 Å². The second kappa shape index (κ2) is 16.1. The molecule has 0 amide bonds. The quantitative estimate of drug-likeness (QED) is 0.478. The van der Waals surface area contributed by atoms with Gasteiger partial charge >= 0.3 is 17.4 Å². The minimum Gasteiger partial charge on any atom is -1.00 e. The molecule has 0 aromatic heterocycles. The van der Waals surface area contributed by atoms with Gasteiger partial charge in [0.2, 0.25) is 0 Å². The normalized spacial score (nSPS) is 6.93. The van der Waals surface area contributed by atoms with E-state index >= 15 is 0 Å². The maximum Gasteiger partial charge on any atom is 3.00 e. The molecule has 1 aromatic rings. The summed E-state index contributed by atoms with van der Waals surface area (Å²) >= 11 is 0. The van der Waals surface area contributed by atoms with Crippen molar-refractivity contribution >= 4 is 17.4 Å². The number of halogens is 3. The van der Waals surface area contributed by atoms with E-state index in [0.717, 1.165) is 0 Å². The first-order valence-electron chi connectivity index (χ1n) is 3.97. The molecule has 0 saturated carbocycles. The molecular weight excluding hydrogens is 253 g/mol. The van der Waals surface area contributed by atoms with Gasteiger partial charge in [0.1, 0.15) is 0 Å². The predicted molar refractivity (Wildman–Crippen MR) is 50.8 cm³/mol. The Kier molecular flexibility index (Phi) is 27.6. The summed E-state index contributed by atoms with van der Waals surface area (Å²) in [5.41, 5.74) is 1.46. The van der Waals surface area contributed by atoms with E-state index in [1.807, 2.05) is 0 Å². The summed E-state index contributed by atoms with van der Waals surface area (Å²) < 4.78 is 0. The van der Waals surface area contributed by atoms with E-state index < -0.39 is 0 Å². The molecule has 0 N–H and O–H groups in total. The van der Waals surface area contributed by atoms with Crippen LogP contribution in [0, 0.1) is 0 Å².